The van der Waals surface area contributed by atoms with E-state index in [1.807, 2.05) is 0 Å². The van der Waals surface area contributed by atoms with E-state index in [4.69, 9.17) is 0 Å². The molecule has 0 radical (unpaired) electrons. The molecule has 6 atom stereocenters. The number of amides is 2. The molecule has 0 aromatic heterocycles. The van der Waals surface area contributed by atoms with E-state index in [1.54, 1.807) is 12.1 Å². The van der Waals surface area contributed by atoms with Crippen LogP contribution in [0.2, 0.25) is 0 Å². The summed E-state index contributed by atoms with van der Waals surface area (Å²) in [7, 11) is 0. The molecule has 2 saturated carbocycles. The minimum absolute atomic E-state index is 0.178. The Balaban J connectivity index is 1.44. The zero-order valence-corrected chi connectivity index (χ0v) is 12.3. The smallest absolute Gasteiger partial charge is 0.254 e. The topological polar surface area (TPSA) is 49.7 Å². The second-order valence-electron chi connectivity index (χ2n) is 6.94. The molecule has 1 saturated heterocycles. The van der Waals surface area contributed by atoms with Gasteiger partial charge in [-0.3, -0.25) is 9.59 Å². The van der Waals surface area contributed by atoms with Crippen LogP contribution < -0.4 is 0 Å². The number of hydrogen-bond donors (Lipinski definition) is 0. The van der Waals surface area contributed by atoms with Crippen LogP contribution in [-0.4, -0.2) is 23.0 Å². The standard InChI is InChI=1S/C18H15FN2O2/c19-10-3-1-9(2-4-10)8-20-21-17(22)15-11-5-6-12(14-7-13(11)14)16(15)18(21)23/h1-6,8,11-16H,7H2/b20-8-/t11-,12-,13-,14+,15+,16-/m1/s1. The van der Waals surface area contributed by atoms with E-state index < -0.39 is 0 Å². The van der Waals surface area contributed by atoms with E-state index in [1.165, 1.54) is 18.3 Å². The van der Waals surface area contributed by atoms with Crippen LogP contribution in [0.1, 0.15) is 12.0 Å². The van der Waals surface area contributed by atoms with Crippen molar-refractivity contribution in [3.63, 3.8) is 0 Å². The highest BCUT2D eigenvalue weighted by atomic mass is 19.1. The molecule has 23 heavy (non-hydrogen) atoms. The predicted octanol–water partition coefficient (Wildman–Crippen LogP) is 2.21. The van der Waals surface area contributed by atoms with Crippen molar-refractivity contribution < 1.29 is 14.0 Å². The summed E-state index contributed by atoms with van der Waals surface area (Å²) in [5, 5.41) is 5.14. The molecule has 4 nitrogen and oxygen atoms in total. The maximum atomic E-state index is 12.9. The minimum atomic E-state index is -0.330. The van der Waals surface area contributed by atoms with Crippen molar-refractivity contribution in [3.05, 3.63) is 47.8 Å². The van der Waals surface area contributed by atoms with E-state index >= 15 is 0 Å². The van der Waals surface area contributed by atoms with Crippen LogP contribution in [0.4, 0.5) is 4.39 Å². The van der Waals surface area contributed by atoms with Gasteiger partial charge in [0.25, 0.3) is 11.8 Å². The van der Waals surface area contributed by atoms with Gasteiger partial charge in [0.1, 0.15) is 5.82 Å². The fraction of sp³-hybridized carbons (Fsp3) is 0.389. The quantitative estimate of drug-likeness (QED) is 0.478. The summed E-state index contributed by atoms with van der Waals surface area (Å²) in [4.78, 5) is 25.4. The van der Waals surface area contributed by atoms with Gasteiger partial charge in [0, 0.05) is 0 Å². The van der Waals surface area contributed by atoms with Crippen LogP contribution in [-0.2, 0) is 9.59 Å². The molecule has 5 aliphatic rings. The Bertz CT molecular complexity index is 734. The molecule has 0 N–H and O–H groups in total. The summed E-state index contributed by atoms with van der Waals surface area (Å²) in [6, 6.07) is 5.79. The second-order valence-corrected chi connectivity index (χ2v) is 6.94. The number of carbonyl (C=O) groups excluding carboxylic acids is 2. The summed E-state index contributed by atoms with van der Waals surface area (Å²) < 4.78 is 12.9. The molecule has 1 heterocycles. The minimum Gasteiger partial charge on any atom is -0.272 e. The number of hydrazone groups is 1. The van der Waals surface area contributed by atoms with Crippen LogP contribution in [0.15, 0.2) is 41.5 Å². The number of benzene rings is 1. The summed E-state index contributed by atoms with van der Waals surface area (Å²) in [6.45, 7) is 0. The number of imide groups is 1. The maximum Gasteiger partial charge on any atom is 0.254 e. The third-order valence-electron chi connectivity index (χ3n) is 5.83. The highest BCUT2D eigenvalue weighted by Crippen LogP contribution is 2.65. The van der Waals surface area contributed by atoms with Gasteiger partial charge in [0.05, 0.1) is 18.1 Å². The largest absolute Gasteiger partial charge is 0.272 e. The van der Waals surface area contributed by atoms with Gasteiger partial charge in [-0.15, -0.1) is 0 Å². The molecule has 1 aromatic carbocycles. The van der Waals surface area contributed by atoms with Crippen molar-refractivity contribution in [1.29, 1.82) is 0 Å². The first-order valence-corrected chi connectivity index (χ1v) is 8.01. The lowest BCUT2D eigenvalue weighted by Crippen LogP contribution is -2.40. The van der Waals surface area contributed by atoms with Crippen molar-refractivity contribution in [3.8, 4) is 0 Å². The van der Waals surface area contributed by atoms with Crippen LogP contribution >= 0.6 is 0 Å². The number of halogens is 1. The molecule has 0 unspecified atom stereocenters. The fourth-order valence-electron chi connectivity index (χ4n) is 4.73. The Morgan fingerprint density at radius 2 is 1.57 bits per heavy atom. The van der Waals surface area contributed by atoms with Crippen LogP contribution in [0.5, 0.6) is 0 Å². The summed E-state index contributed by atoms with van der Waals surface area (Å²) in [5.74, 6) is 0.440. The van der Waals surface area contributed by atoms with Gasteiger partial charge >= 0.3 is 0 Å². The van der Waals surface area contributed by atoms with Crippen molar-refractivity contribution >= 4 is 18.0 Å². The maximum absolute atomic E-state index is 12.9. The van der Waals surface area contributed by atoms with Crippen molar-refractivity contribution in [2.24, 2.45) is 40.6 Å². The Kier molecular flexibility index (Phi) is 2.50. The van der Waals surface area contributed by atoms with E-state index in [2.05, 4.69) is 17.3 Å². The molecule has 116 valence electrons. The van der Waals surface area contributed by atoms with E-state index in [0.717, 1.165) is 11.4 Å². The number of hydrogen-bond acceptors (Lipinski definition) is 3. The SMILES string of the molecule is O=C1[C@@H]2[C@@H]3C=C[C@H]([C@H]4C[C@@H]34)[C@@H]2C(=O)N1/N=C\c1ccc(F)cc1. The van der Waals surface area contributed by atoms with Gasteiger partial charge in [0.2, 0.25) is 0 Å². The molecule has 1 aromatic rings. The molecule has 2 amide bonds. The predicted molar refractivity (Wildman–Crippen MR) is 80.5 cm³/mol. The number of rotatable bonds is 2. The highest BCUT2D eigenvalue weighted by Gasteiger charge is 2.67. The second kappa shape index (κ2) is 4.37. The molecule has 0 spiro atoms. The van der Waals surface area contributed by atoms with Crippen molar-refractivity contribution in [2.45, 2.75) is 6.42 Å². The van der Waals surface area contributed by atoms with E-state index in [9.17, 15) is 14.0 Å². The third kappa shape index (κ3) is 1.73. The molecule has 1 aliphatic heterocycles. The van der Waals surface area contributed by atoms with Gasteiger partial charge in [-0.1, -0.05) is 24.3 Å². The Morgan fingerprint density at radius 3 is 2.13 bits per heavy atom. The summed E-state index contributed by atoms with van der Waals surface area (Å²) >= 11 is 0. The van der Waals surface area contributed by atoms with Gasteiger partial charge < -0.3 is 0 Å². The van der Waals surface area contributed by atoms with Crippen LogP contribution in [0, 0.1) is 41.3 Å². The lowest BCUT2D eigenvalue weighted by Gasteiger charge is -2.37. The highest BCUT2D eigenvalue weighted by molar-refractivity contribution is 6.06. The average Bonchev–Trinajstić information content (AvgIpc) is 3.33. The van der Waals surface area contributed by atoms with Crippen LogP contribution in [0.25, 0.3) is 0 Å². The fourth-order valence-corrected chi connectivity index (χ4v) is 4.73. The number of nitrogens with zero attached hydrogens (tertiary/aromatic N) is 2. The first-order chi connectivity index (χ1) is 11.1. The first-order valence-electron chi connectivity index (χ1n) is 8.01. The molecular formula is C18H15FN2O2. The summed E-state index contributed by atoms with van der Waals surface area (Å²) in [6.07, 6.45) is 6.87. The Labute approximate surface area is 132 Å². The van der Waals surface area contributed by atoms with Gasteiger partial charge in [-0.05, 0) is 47.8 Å². The monoisotopic (exact) mass is 310 g/mol. The van der Waals surface area contributed by atoms with Crippen molar-refractivity contribution in [1.82, 2.24) is 5.01 Å². The lowest BCUT2D eigenvalue weighted by molar-refractivity contribution is -0.140. The molecule has 4 aliphatic carbocycles. The number of allylic oxidation sites excluding steroid dienone is 2. The van der Waals surface area contributed by atoms with Gasteiger partial charge in [0.15, 0.2) is 0 Å². The molecule has 3 fully saturated rings. The van der Waals surface area contributed by atoms with E-state index in [0.29, 0.717) is 17.4 Å². The molecular weight excluding hydrogens is 295 g/mol. The zero-order chi connectivity index (χ0) is 15.7. The lowest BCUT2D eigenvalue weighted by atomic mass is 9.63. The zero-order valence-electron chi connectivity index (χ0n) is 12.3. The van der Waals surface area contributed by atoms with Gasteiger partial charge in [-0.25, -0.2) is 4.39 Å². The third-order valence-corrected chi connectivity index (χ3v) is 5.83. The van der Waals surface area contributed by atoms with E-state index in [-0.39, 0.29) is 41.3 Å². The molecule has 6 rings (SSSR count). The number of carbonyl (C=O) groups is 2. The normalized spacial score (nSPS) is 40.0. The van der Waals surface area contributed by atoms with Crippen LogP contribution in [0.3, 0.4) is 0 Å². The first kappa shape index (κ1) is 13.2. The molecule has 2 bridgehead atoms. The Morgan fingerprint density at radius 1 is 1.00 bits per heavy atom. The van der Waals surface area contributed by atoms with Gasteiger partial charge in [-0.2, -0.15) is 10.1 Å². The molecule has 5 heteroatoms. The van der Waals surface area contributed by atoms with Crippen molar-refractivity contribution in [2.75, 3.05) is 0 Å². The average molecular weight is 310 g/mol. The summed E-state index contributed by atoms with van der Waals surface area (Å²) in [5.41, 5.74) is 0.658. The Hall–Kier alpha value is -2.30.